The third-order valence-corrected chi connectivity index (χ3v) is 5.46. The molecule has 1 aromatic heterocycles. The molecule has 0 radical (unpaired) electrons. The maximum absolute atomic E-state index is 6.46. The summed E-state index contributed by atoms with van der Waals surface area (Å²) in [5, 5.41) is 5.64. The van der Waals surface area contributed by atoms with Crippen molar-refractivity contribution in [2.45, 2.75) is 46.2 Å². The molecule has 1 aliphatic rings. The van der Waals surface area contributed by atoms with Crippen molar-refractivity contribution in [3.8, 4) is 11.3 Å². The summed E-state index contributed by atoms with van der Waals surface area (Å²) in [6, 6.07) is 7.95. The number of aromatic nitrogens is 2. The molecule has 1 saturated heterocycles. The van der Waals surface area contributed by atoms with Crippen LogP contribution in [0, 0.1) is 5.41 Å². The maximum atomic E-state index is 6.46. The van der Waals surface area contributed by atoms with Gasteiger partial charge in [0.25, 0.3) is 0 Å². The summed E-state index contributed by atoms with van der Waals surface area (Å²) in [5.41, 5.74) is 9.34. The van der Waals surface area contributed by atoms with Gasteiger partial charge in [-0.25, -0.2) is 0 Å². The number of hydrogen-bond acceptors (Lipinski definition) is 3. The molecule has 2 heterocycles. The molecule has 5 heteroatoms. The lowest BCUT2D eigenvalue weighted by Crippen LogP contribution is -2.31. The summed E-state index contributed by atoms with van der Waals surface area (Å²) >= 11 is 6.46. The monoisotopic (exact) mass is 360 g/mol. The second kappa shape index (κ2) is 6.75. The number of nitrogens with two attached hydrogens (primary N) is 1. The summed E-state index contributed by atoms with van der Waals surface area (Å²) in [6.07, 6.45) is 3.33. The van der Waals surface area contributed by atoms with Crippen molar-refractivity contribution < 1.29 is 0 Å². The Morgan fingerprint density at radius 3 is 2.60 bits per heavy atom. The molecule has 25 heavy (non-hydrogen) atoms. The normalized spacial score (nSPS) is 21.8. The van der Waals surface area contributed by atoms with Crippen molar-refractivity contribution in [2.75, 3.05) is 19.6 Å². The predicted octanol–water partition coefficient (Wildman–Crippen LogP) is 4.13. The van der Waals surface area contributed by atoms with Gasteiger partial charge in [0.2, 0.25) is 0 Å². The van der Waals surface area contributed by atoms with Crippen LogP contribution >= 0.6 is 11.6 Å². The third kappa shape index (κ3) is 3.91. The molecule has 2 aromatic rings. The SMILES string of the molecule is CC1(CN)CCN(Cc2cn(C(C)(C)C)nc2-c2ccccc2Cl)C1. The average Bonchev–Trinajstić information content (AvgIpc) is 3.13. The van der Waals surface area contributed by atoms with Gasteiger partial charge in [-0.1, -0.05) is 36.7 Å². The molecule has 3 rings (SSSR count). The highest BCUT2D eigenvalue weighted by Crippen LogP contribution is 2.34. The molecule has 136 valence electrons. The van der Waals surface area contributed by atoms with E-state index in [1.54, 1.807) is 0 Å². The Labute approximate surface area is 156 Å². The Hall–Kier alpha value is -1.36. The molecule has 1 aromatic carbocycles. The number of likely N-dealkylation sites (tertiary alicyclic amines) is 1. The van der Waals surface area contributed by atoms with Crippen molar-refractivity contribution in [3.63, 3.8) is 0 Å². The first kappa shape index (κ1) is 18.4. The quantitative estimate of drug-likeness (QED) is 0.891. The molecule has 0 bridgehead atoms. The van der Waals surface area contributed by atoms with Gasteiger partial charge in [-0.15, -0.1) is 0 Å². The molecule has 0 saturated carbocycles. The van der Waals surface area contributed by atoms with E-state index in [2.05, 4.69) is 49.5 Å². The molecule has 4 nitrogen and oxygen atoms in total. The topological polar surface area (TPSA) is 47.1 Å². The van der Waals surface area contributed by atoms with Crippen LogP contribution in [-0.2, 0) is 12.1 Å². The predicted molar refractivity (Wildman–Crippen MR) is 105 cm³/mol. The zero-order valence-corrected chi connectivity index (χ0v) is 16.5. The Bertz CT molecular complexity index is 746. The van der Waals surface area contributed by atoms with E-state index in [9.17, 15) is 0 Å². The summed E-state index contributed by atoms with van der Waals surface area (Å²) in [4.78, 5) is 2.48. The highest BCUT2D eigenvalue weighted by atomic mass is 35.5. The highest BCUT2D eigenvalue weighted by Gasteiger charge is 2.33. The van der Waals surface area contributed by atoms with Crippen molar-refractivity contribution in [2.24, 2.45) is 11.1 Å². The minimum atomic E-state index is -0.0644. The van der Waals surface area contributed by atoms with Crippen molar-refractivity contribution in [3.05, 3.63) is 41.0 Å². The van der Waals surface area contributed by atoms with Gasteiger partial charge in [0, 0.05) is 30.4 Å². The van der Waals surface area contributed by atoms with E-state index in [0.29, 0.717) is 0 Å². The second-order valence-corrected chi connectivity index (χ2v) is 8.98. The van der Waals surface area contributed by atoms with Crippen LogP contribution in [0.4, 0.5) is 0 Å². The standard InChI is InChI=1S/C20H29ClN4/c1-19(2,3)25-12-15(11-24-10-9-20(4,13-22)14-24)18(23-25)16-7-5-6-8-17(16)21/h5-8,12H,9-11,13-14,22H2,1-4H3. The lowest BCUT2D eigenvalue weighted by Gasteiger charge is -2.22. The minimum Gasteiger partial charge on any atom is -0.330 e. The largest absolute Gasteiger partial charge is 0.330 e. The summed E-state index contributed by atoms with van der Waals surface area (Å²) < 4.78 is 2.05. The molecule has 1 fully saturated rings. The maximum Gasteiger partial charge on any atom is 0.0983 e. The second-order valence-electron chi connectivity index (χ2n) is 8.57. The molecular weight excluding hydrogens is 332 g/mol. The molecule has 1 aliphatic heterocycles. The Morgan fingerprint density at radius 1 is 1.28 bits per heavy atom. The van der Waals surface area contributed by atoms with Crippen LogP contribution in [0.25, 0.3) is 11.3 Å². The molecule has 0 aliphatic carbocycles. The number of hydrogen-bond donors (Lipinski definition) is 1. The highest BCUT2D eigenvalue weighted by molar-refractivity contribution is 6.33. The van der Waals surface area contributed by atoms with Gasteiger partial charge >= 0.3 is 0 Å². The van der Waals surface area contributed by atoms with E-state index < -0.39 is 0 Å². The number of benzene rings is 1. The molecule has 0 spiro atoms. The van der Waals surface area contributed by atoms with Crippen molar-refractivity contribution in [1.29, 1.82) is 0 Å². The van der Waals surface area contributed by atoms with Crippen LogP contribution in [-0.4, -0.2) is 34.3 Å². The smallest absolute Gasteiger partial charge is 0.0983 e. The zero-order chi connectivity index (χ0) is 18.2. The molecule has 1 unspecified atom stereocenters. The first-order chi connectivity index (χ1) is 11.7. The first-order valence-corrected chi connectivity index (χ1v) is 9.36. The zero-order valence-electron chi connectivity index (χ0n) is 15.7. The van der Waals surface area contributed by atoms with Crippen molar-refractivity contribution >= 4 is 11.6 Å². The van der Waals surface area contributed by atoms with Crippen LogP contribution in [0.1, 0.15) is 39.7 Å². The lowest BCUT2D eigenvalue weighted by molar-refractivity contribution is 0.274. The lowest BCUT2D eigenvalue weighted by atomic mass is 9.90. The van der Waals surface area contributed by atoms with E-state index in [4.69, 9.17) is 22.4 Å². The van der Waals surface area contributed by atoms with E-state index >= 15 is 0 Å². The molecule has 1 atom stereocenters. The molecular formula is C20H29ClN4. The van der Waals surface area contributed by atoms with E-state index in [1.165, 1.54) is 5.56 Å². The molecule has 0 amide bonds. The third-order valence-electron chi connectivity index (χ3n) is 5.13. The van der Waals surface area contributed by atoms with Crippen molar-refractivity contribution in [1.82, 2.24) is 14.7 Å². The van der Waals surface area contributed by atoms with Gasteiger partial charge in [-0.05, 0) is 51.8 Å². The van der Waals surface area contributed by atoms with Gasteiger partial charge in [-0.3, -0.25) is 9.58 Å². The van der Waals surface area contributed by atoms with Gasteiger partial charge in [0.05, 0.1) is 16.3 Å². The van der Waals surface area contributed by atoms with Crippen LogP contribution < -0.4 is 5.73 Å². The number of halogens is 1. The Kier molecular flexibility index (Phi) is 4.97. The summed E-state index contributed by atoms with van der Waals surface area (Å²) in [7, 11) is 0. The van der Waals surface area contributed by atoms with Crippen LogP contribution in [0.3, 0.4) is 0 Å². The fraction of sp³-hybridized carbons (Fsp3) is 0.550. The van der Waals surface area contributed by atoms with E-state index in [1.807, 2.05) is 18.2 Å². The summed E-state index contributed by atoms with van der Waals surface area (Å²) in [5.74, 6) is 0. The fourth-order valence-electron chi connectivity index (χ4n) is 3.42. The summed E-state index contributed by atoms with van der Waals surface area (Å²) in [6.45, 7) is 12.5. The van der Waals surface area contributed by atoms with E-state index in [0.717, 1.165) is 48.9 Å². The van der Waals surface area contributed by atoms with Crippen LogP contribution in [0.15, 0.2) is 30.5 Å². The fourth-order valence-corrected chi connectivity index (χ4v) is 3.64. The van der Waals surface area contributed by atoms with Gasteiger partial charge in [-0.2, -0.15) is 5.10 Å². The minimum absolute atomic E-state index is 0.0644. The van der Waals surface area contributed by atoms with Crippen LogP contribution in [0.5, 0.6) is 0 Å². The number of nitrogens with zero attached hydrogens (tertiary/aromatic N) is 3. The van der Waals surface area contributed by atoms with Gasteiger partial charge in [0.15, 0.2) is 0 Å². The van der Waals surface area contributed by atoms with Gasteiger partial charge in [0.1, 0.15) is 0 Å². The van der Waals surface area contributed by atoms with Gasteiger partial charge < -0.3 is 5.73 Å². The molecule has 2 N–H and O–H groups in total. The first-order valence-electron chi connectivity index (χ1n) is 8.98. The average molecular weight is 361 g/mol. The van der Waals surface area contributed by atoms with Crippen LogP contribution in [0.2, 0.25) is 5.02 Å². The number of rotatable bonds is 4. The Balaban J connectivity index is 1.95. The van der Waals surface area contributed by atoms with E-state index in [-0.39, 0.29) is 11.0 Å². The Morgan fingerprint density at radius 2 is 2.00 bits per heavy atom.